The third kappa shape index (κ3) is 4.25. The summed E-state index contributed by atoms with van der Waals surface area (Å²) >= 11 is 0. The SMILES string of the molecule is COc1ccc(/C=N/NC(=O)c2ccc(-c3nc4cc(C)c(C)cc4[nH]3)cc2)c(O)c1. The van der Waals surface area contributed by atoms with Crippen molar-refractivity contribution in [3.63, 3.8) is 0 Å². The van der Waals surface area contributed by atoms with Crippen LogP contribution in [0.4, 0.5) is 0 Å². The van der Waals surface area contributed by atoms with E-state index in [1.54, 1.807) is 24.3 Å². The van der Waals surface area contributed by atoms with Crippen LogP contribution in [0.5, 0.6) is 11.5 Å². The number of hydrazone groups is 1. The highest BCUT2D eigenvalue weighted by molar-refractivity contribution is 5.95. The number of fused-ring (bicyclic) bond motifs is 1. The third-order valence-corrected chi connectivity index (χ3v) is 5.13. The number of aryl methyl sites for hydroxylation is 2. The number of imidazole rings is 1. The van der Waals surface area contributed by atoms with Gasteiger partial charge in [0, 0.05) is 22.8 Å². The van der Waals surface area contributed by atoms with Crippen molar-refractivity contribution < 1.29 is 14.6 Å². The first-order valence-corrected chi connectivity index (χ1v) is 9.72. The van der Waals surface area contributed by atoms with Gasteiger partial charge in [-0.3, -0.25) is 4.79 Å². The number of aromatic amines is 1. The Kier molecular flexibility index (Phi) is 5.41. The Hall–Kier alpha value is -4.13. The van der Waals surface area contributed by atoms with Crippen molar-refractivity contribution in [1.82, 2.24) is 15.4 Å². The van der Waals surface area contributed by atoms with Crippen LogP contribution in [-0.4, -0.2) is 34.3 Å². The fraction of sp³-hybridized carbons (Fsp3) is 0.125. The zero-order valence-corrected chi connectivity index (χ0v) is 17.4. The van der Waals surface area contributed by atoms with Gasteiger partial charge in [-0.1, -0.05) is 12.1 Å². The highest BCUT2D eigenvalue weighted by Gasteiger charge is 2.09. The quantitative estimate of drug-likeness (QED) is 0.334. The van der Waals surface area contributed by atoms with Crippen LogP contribution in [-0.2, 0) is 0 Å². The fourth-order valence-corrected chi connectivity index (χ4v) is 3.17. The van der Waals surface area contributed by atoms with E-state index in [9.17, 15) is 9.90 Å². The van der Waals surface area contributed by atoms with Gasteiger partial charge in [0.1, 0.15) is 17.3 Å². The maximum atomic E-state index is 12.4. The molecular weight excluding hydrogens is 392 g/mol. The number of amides is 1. The molecule has 0 bridgehead atoms. The lowest BCUT2D eigenvalue weighted by molar-refractivity contribution is 0.0955. The predicted molar refractivity (Wildman–Crippen MR) is 121 cm³/mol. The number of nitrogens with one attached hydrogen (secondary N) is 2. The fourth-order valence-electron chi connectivity index (χ4n) is 3.17. The lowest BCUT2D eigenvalue weighted by Crippen LogP contribution is -2.17. The summed E-state index contributed by atoms with van der Waals surface area (Å²) in [5, 5.41) is 13.8. The van der Waals surface area contributed by atoms with Crippen molar-refractivity contribution >= 4 is 23.2 Å². The molecule has 156 valence electrons. The molecule has 0 saturated carbocycles. The highest BCUT2D eigenvalue weighted by Crippen LogP contribution is 2.24. The molecule has 0 unspecified atom stereocenters. The third-order valence-electron chi connectivity index (χ3n) is 5.13. The molecule has 0 fully saturated rings. The van der Waals surface area contributed by atoms with Gasteiger partial charge in [0.05, 0.1) is 24.4 Å². The minimum Gasteiger partial charge on any atom is -0.507 e. The van der Waals surface area contributed by atoms with Crippen LogP contribution in [0.2, 0.25) is 0 Å². The van der Waals surface area contributed by atoms with Crippen molar-refractivity contribution in [1.29, 1.82) is 0 Å². The zero-order valence-electron chi connectivity index (χ0n) is 17.4. The van der Waals surface area contributed by atoms with E-state index in [1.165, 1.54) is 30.5 Å². The molecule has 31 heavy (non-hydrogen) atoms. The second kappa shape index (κ2) is 8.31. The normalized spacial score (nSPS) is 11.2. The number of ether oxygens (including phenoxy) is 1. The molecule has 1 heterocycles. The van der Waals surface area contributed by atoms with Gasteiger partial charge in [0.25, 0.3) is 5.91 Å². The summed E-state index contributed by atoms with van der Waals surface area (Å²) in [5.74, 6) is 0.943. The molecule has 0 aliphatic carbocycles. The van der Waals surface area contributed by atoms with Crippen molar-refractivity contribution in [3.05, 3.63) is 76.9 Å². The van der Waals surface area contributed by atoms with Crippen molar-refractivity contribution in [3.8, 4) is 22.9 Å². The van der Waals surface area contributed by atoms with Gasteiger partial charge in [-0.2, -0.15) is 5.10 Å². The van der Waals surface area contributed by atoms with E-state index < -0.39 is 0 Å². The molecule has 7 nitrogen and oxygen atoms in total. The van der Waals surface area contributed by atoms with Crippen LogP contribution in [0, 0.1) is 13.8 Å². The summed E-state index contributed by atoms with van der Waals surface area (Å²) in [7, 11) is 1.52. The number of hydrogen-bond acceptors (Lipinski definition) is 5. The van der Waals surface area contributed by atoms with Gasteiger partial charge in [-0.05, 0) is 61.4 Å². The molecule has 1 amide bonds. The van der Waals surface area contributed by atoms with Crippen LogP contribution in [0.25, 0.3) is 22.4 Å². The molecule has 0 saturated heterocycles. The summed E-state index contributed by atoms with van der Waals surface area (Å²) < 4.78 is 5.04. The average Bonchev–Trinajstić information content (AvgIpc) is 3.17. The average molecular weight is 414 g/mol. The number of benzene rings is 3. The van der Waals surface area contributed by atoms with Crippen molar-refractivity contribution in [2.24, 2.45) is 5.10 Å². The smallest absolute Gasteiger partial charge is 0.271 e. The number of aromatic hydroxyl groups is 1. The Bertz CT molecular complexity index is 1250. The Morgan fingerprint density at radius 3 is 2.55 bits per heavy atom. The number of carbonyl (C=O) groups is 1. The first-order chi connectivity index (χ1) is 14.9. The molecular formula is C24H22N4O3. The zero-order chi connectivity index (χ0) is 22.0. The van der Waals surface area contributed by atoms with Crippen LogP contribution in [0.3, 0.4) is 0 Å². The summed E-state index contributed by atoms with van der Waals surface area (Å²) in [6.45, 7) is 4.14. The molecule has 3 aromatic carbocycles. The number of phenols is 1. The van der Waals surface area contributed by atoms with Gasteiger partial charge in [0.2, 0.25) is 0 Å². The summed E-state index contributed by atoms with van der Waals surface area (Å²) in [6.07, 6.45) is 1.37. The lowest BCUT2D eigenvalue weighted by atomic mass is 10.1. The van der Waals surface area contributed by atoms with Gasteiger partial charge in [0.15, 0.2) is 0 Å². The molecule has 0 atom stereocenters. The van der Waals surface area contributed by atoms with E-state index in [0.29, 0.717) is 16.9 Å². The number of nitrogens with zero attached hydrogens (tertiary/aromatic N) is 2. The summed E-state index contributed by atoms with van der Waals surface area (Å²) in [6, 6.07) is 16.1. The molecule has 1 aromatic heterocycles. The minimum absolute atomic E-state index is 0.0120. The van der Waals surface area contributed by atoms with E-state index >= 15 is 0 Å². The van der Waals surface area contributed by atoms with E-state index in [-0.39, 0.29) is 11.7 Å². The lowest BCUT2D eigenvalue weighted by Gasteiger charge is -2.03. The molecule has 7 heteroatoms. The molecule has 0 radical (unpaired) electrons. The topological polar surface area (TPSA) is 99.6 Å². The van der Waals surface area contributed by atoms with Crippen LogP contribution < -0.4 is 10.2 Å². The second-order valence-corrected chi connectivity index (χ2v) is 7.24. The number of rotatable bonds is 5. The number of aromatic nitrogens is 2. The first kappa shape index (κ1) is 20.2. The molecule has 4 aromatic rings. The van der Waals surface area contributed by atoms with E-state index in [4.69, 9.17) is 4.74 Å². The first-order valence-electron chi connectivity index (χ1n) is 9.72. The van der Waals surface area contributed by atoms with E-state index in [2.05, 4.69) is 46.5 Å². The number of carbonyl (C=O) groups excluding carboxylic acids is 1. The summed E-state index contributed by atoms with van der Waals surface area (Å²) in [5.41, 5.74) is 8.57. The summed E-state index contributed by atoms with van der Waals surface area (Å²) in [4.78, 5) is 20.3. The van der Waals surface area contributed by atoms with Gasteiger partial charge in [-0.25, -0.2) is 10.4 Å². The Morgan fingerprint density at radius 2 is 1.84 bits per heavy atom. The highest BCUT2D eigenvalue weighted by atomic mass is 16.5. The molecule has 0 spiro atoms. The predicted octanol–water partition coefficient (Wildman–Crippen LogP) is 4.32. The van der Waals surface area contributed by atoms with E-state index in [0.717, 1.165) is 22.4 Å². The van der Waals surface area contributed by atoms with Gasteiger partial charge >= 0.3 is 0 Å². The monoisotopic (exact) mass is 414 g/mol. The van der Waals surface area contributed by atoms with Crippen molar-refractivity contribution in [2.75, 3.05) is 7.11 Å². The molecule has 0 aliphatic rings. The van der Waals surface area contributed by atoms with Gasteiger partial charge in [-0.15, -0.1) is 0 Å². The van der Waals surface area contributed by atoms with Gasteiger partial charge < -0.3 is 14.8 Å². The standard InChI is InChI=1S/C24H22N4O3/c1-14-10-20-21(11-15(14)2)27-23(26-20)16-4-6-17(7-5-16)24(30)28-25-13-18-8-9-19(31-3)12-22(18)29/h4-13,29H,1-3H3,(H,26,27)(H,28,30)/b25-13+. The minimum atomic E-state index is -0.355. The molecule has 3 N–H and O–H groups in total. The Balaban J connectivity index is 1.46. The van der Waals surface area contributed by atoms with E-state index in [1.807, 2.05) is 12.1 Å². The largest absolute Gasteiger partial charge is 0.507 e. The number of methoxy groups -OCH3 is 1. The number of phenolic OH excluding ortho intramolecular Hbond substituents is 1. The Morgan fingerprint density at radius 1 is 1.10 bits per heavy atom. The van der Waals surface area contributed by atoms with Crippen LogP contribution >= 0.6 is 0 Å². The maximum absolute atomic E-state index is 12.4. The Labute approximate surface area is 179 Å². The van der Waals surface area contributed by atoms with Crippen molar-refractivity contribution in [2.45, 2.75) is 13.8 Å². The van der Waals surface area contributed by atoms with Crippen LogP contribution in [0.15, 0.2) is 59.7 Å². The molecule has 0 aliphatic heterocycles. The number of H-pyrrole nitrogens is 1. The van der Waals surface area contributed by atoms with Crippen LogP contribution in [0.1, 0.15) is 27.0 Å². The number of hydrogen-bond donors (Lipinski definition) is 3. The molecule has 4 rings (SSSR count). The maximum Gasteiger partial charge on any atom is 0.271 e. The second-order valence-electron chi connectivity index (χ2n) is 7.24.